The van der Waals surface area contributed by atoms with Crippen LogP contribution in [0.1, 0.15) is 20.3 Å². The Labute approximate surface area is 62.1 Å². The predicted molar refractivity (Wildman–Crippen MR) is 44.6 cm³/mol. The molecule has 1 rings (SSSR count). The van der Waals surface area contributed by atoms with Crippen molar-refractivity contribution in [1.29, 1.82) is 0 Å². The smallest absolute Gasteiger partial charge is 0.0149 e. The van der Waals surface area contributed by atoms with E-state index in [4.69, 9.17) is 0 Å². The molecule has 0 saturated heterocycles. The number of thiol groups is 1. The van der Waals surface area contributed by atoms with Gasteiger partial charge >= 0.3 is 0 Å². The van der Waals surface area contributed by atoms with Gasteiger partial charge in [-0.2, -0.15) is 0 Å². The lowest BCUT2D eigenvalue weighted by molar-refractivity contribution is 0.724. The zero-order valence-electron chi connectivity index (χ0n) is 5.89. The fourth-order valence-corrected chi connectivity index (χ4v) is 1.30. The zero-order valence-corrected chi connectivity index (χ0v) is 6.78. The van der Waals surface area contributed by atoms with Crippen molar-refractivity contribution in [3.8, 4) is 0 Å². The molecule has 0 spiro atoms. The Morgan fingerprint density at radius 2 is 2.33 bits per heavy atom. The van der Waals surface area contributed by atoms with Gasteiger partial charge in [0, 0.05) is 0 Å². The molecule has 1 aliphatic rings. The van der Waals surface area contributed by atoms with Gasteiger partial charge < -0.3 is 0 Å². The second kappa shape index (κ2) is 2.61. The van der Waals surface area contributed by atoms with Crippen LogP contribution in [0.3, 0.4) is 0 Å². The highest BCUT2D eigenvalue weighted by Gasteiger charge is 2.05. The average Bonchev–Trinajstić information content (AvgIpc) is 1.80. The molecule has 0 fully saturated rings. The van der Waals surface area contributed by atoms with Gasteiger partial charge in [-0.3, -0.25) is 0 Å². The van der Waals surface area contributed by atoms with E-state index in [9.17, 15) is 0 Å². The van der Waals surface area contributed by atoms with Crippen molar-refractivity contribution in [1.82, 2.24) is 0 Å². The van der Waals surface area contributed by atoms with E-state index >= 15 is 0 Å². The lowest BCUT2D eigenvalue weighted by Gasteiger charge is -2.12. The number of allylic oxidation sites excluding steroid dienone is 4. The molecule has 0 aromatic carbocycles. The van der Waals surface area contributed by atoms with Gasteiger partial charge in [-0.1, -0.05) is 19.1 Å². The molecule has 0 heterocycles. The van der Waals surface area contributed by atoms with Gasteiger partial charge in [0.15, 0.2) is 0 Å². The van der Waals surface area contributed by atoms with E-state index in [1.807, 2.05) is 0 Å². The molecule has 1 atom stereocenters. The van der Waals surface area contributed by atoms with E-state index in [0.717, 1.165) is 6.42 Å². The van der Waals surface area contributed by atoms with Crippen LogP contribution in [0.25, 0.3) is 0 Å². The first kappa shape index (κ1) is 6.94. The van der Waals surface area contributed by atoms with Crippen molar-refractivity contribution >= 4 is 12.6 Å². The monoisotopic (exact) mass is 140 g/mol. The molecule has 0 aliphatic heterocycles. The van der Waals surface area contributed by atoms with Crippen molar-refractivity contribution in [3.63, 3.8) is 0 Å². The summed E-state index contributed by atoms with van der Waals surface area (Å²) in [5.74, 6) is 0.682. The summed E-state index contributed by atoms with van der Waals surface area (Å²) in [6.07, 6.45) is 5.50. The molecule has 50 valence electrons. The van der Waals surface area contributed by atoms with Crippen LogP contribution in [0.5, 0.6) is 0 Å². The molecule has 9 heavy (non-hydrogen) atoms. The average molecular weight is 140 g/mol. The number of rotatable bonds is 0. The Kier molecular flexibility index (Phi) is 2.01. The first-order valence-corrected chi connectivity index (χ1v) is 3.72. The summed E-state index contributed by atoms with van der Waals surface area (Å²) in [6, 6.07) is 0. The summed E-state index contributed by atoms with van der Waals surface area (Å²) in [4.78, 5) is 1.24. The van der Waals surface area contributed by atoms with Gasteiger partial charge in [-0.25, -0.2) is 0 Å². The van der Waals surface area contributed by atoms with Crippen LogP contribution in [0, 0.1) is 5.92 Å². The highest BCUT2D eigenvalue weighted by molar-refractivity contribution is 7.84. The third-order valence-corrected chi connectivity index (χ3v) is 2.18. The second-order valence-electron chi connectivity index (χ2n) is 2.67. The van der Waals surface area contributed by atoms with Gasteiger partial charge in [-0.15, -0.1) is 12.6 Å². The fraction of sp³-hybridized carbons (Fsp3) is 0.500. The second-order valence-corrected chi connectivity index (χ2v) is 3.21. The zero-order chi connectivity index (χ0) is 6.85. The third kappa shape index (κ3) is 1.62. The predicted octanol–water partition coefficient (Wildman–Crippen LogP) is 2.79. The van der Waals surface area contributed by atoms with Crippen LogP contribution in [-0.4, -0.2) is 0 Å². The van der Waals surface area contributed by atoms with E-state index in [2.05, 4.69) is 38.6 Å². The Morgan fingerprint density at radius 1 is 1.67 bits per heavy atom. The van der Waals surface area contributed by atoms with Gasteiger partial charge in [0.1, 0.15) is 0 Å². The van der Waals surface area contributed by atoms with Crippen molar-refractivity contribution in [2.24, 2.45) is 5.92 Å². The molecule has 1 unspecified atom stereocenters. The summed E-state index contributed by atoms with van der Waals surface area (Å²) in [5, 5.41) is 0. The molecule has 0 N–H and O–H groups in total. The van der Waals surface area contributed by atoms with Crippen LogP contribution in [0.2, 0.25) is 0 Å². The van der Waals surface area contributed by atoms with Crippen molar-refractivity contribution in [2.75, 3.05) is 0 Å². The SMILES string of the molecule is CC1=C(S)CC(C)C=C1. The van der Waals surface area contributed by atoms with E-state index in [1.165, 1.54) is 10.5 Å². The number of hydrogen-bond donors (Lipinski definition) is 1. The van der Waals surface area contributed by atoms with Gasteiger partial charge in [0.2, 0.25) is 0 Å². The van der Waals surface area contributed by atoms with Gasteiger partial charge in [0.25, 0.3) is 0 Å². The summed E-state index contributed by atoms with van der Waals surface area (Å²) < 4.78 is 0. The van der Waals surface area contributed by atoms with E-state index in [1.54, 1.807) is 0 Å². The van der Waals surface area contributed by atoms with Crippen molar-refractivity contribution in [3.05, 3.63) is 22.6 Å². The van der Waals surface area contributed by atoms with E-state index in [0.29, 0.717) is 5.92 Å². The molecule has 0 radical (unpaired) electrons. The van der Waals surface area contributed by atoms with Gasteiger partial charge in [-0.05, 0) is 29.7 Å². The number of hydrogen-bond acceptors (Lipinski definition) is 1. The van der Waals surface area contributed by atoms with Crippen LogP contribution in [-0.2, 0) is 0 Å². The Hall–Kier alpha value is -0.170. The Bertz CT molecular complexity index is 165. The topological polar surface area (TPSA) is 0 Å². The molecule has 0 aromatic rings. The van der Waals surface area contributed by atoms with Crippen molar-refractivity contribution < 1.29 is 0 Å². The molecular formula is C8H12S. The summed E-state index contributed by atoms with van der Waals surface area (Å²) in [7, 11) is 0. The van der Waals surface area contributed by atoms with Crippen molar-refractivity contribution in [2.45, 2.75) is 20.3 Å². The highest BCUT2D eigenvalue weighted by Crippen LogP contribution is 2.24. The first-order valence-electron chi connectivity index (χ1n) is 3.27. The van der Waals surface area contributed by atoms with E-state index in [-0.39, 0.29) is 0 Å². The minimum absolute atomic E-state index is 0.682. The Balaban J connectivity index is 2.75. The maximum Gasteiger partial charge on any atom is -0.0149 e. The van der Waals surface area contributed by atoms with Gasteiger partial charge in [0.05, 0.1) is 0 Å². The van der Waals surface area contributed by atoms with E-state index < -0.39 is 0 Å². The minimum atomic E-state index is 0.682. The molecule has 0 amide bonds. The molecule has 1 heteroatoms. The first-order chi connectivity index (χ1) is 4.20. The highest BCUT2D eigenvalue weighted by atomic mass is 32.1. The summed E-state index contributed by atoms with van der Waals surface area (Å²) in [6.45, 7) is 4.31. The van der Waals surface area contributed by atoms with Crippen LogP contribution >= 0.6 is 12.6 Å². The molecule has 0 nitrogen and oxygen atoms in total. The molecule has 0 saturated carbocycles. The van der Waals surface area contributed by atoms with Crippen LogP contribution in [0.15, 0.2) is 22.6 Å². The minimum Gasteiger partial charge on any atom is -0.148 e. The maximum atomic E-state index is 4.34. The lowest BCUT2D eigenvalue weighted by Crippen LogP contribution is -1.95. The van der Waals surface area contributed by atoms with Crippen LogP contribution < -0.4 is 0 Å². The standard InChI is InChI=1S/C8H12S/c1-6-3-4-7(2)8(9)5-6/h3-4,6,9H,5H2,1-2H3. The molecule has 1 aliphatic carbocycles. The third-order valence-electron chi connectivity index (χ3n) is 1.65. The normalized spacial score (nSPS) is 27.2. The molecule has 0 bridgehead atoms. The largest absolute Gasteiger partial charge is 0.148 e. The lowest BCUT2D eigenvalue weighted by atomic mass is 9.99. The summed E-state index contributed by atoms with van der Waals surface area (Å²) in [5.41, 5.74) is 1.32. The maximum absolute atomic E-state index is 4.34. The molecule has 0 aromatic heterocycles. The van der Waals surface area contributed by atoms with Crippen LogP contribution in [0.4, 0.5) is 0 Å². The Morgan fingerprint density at radius 3 is 2.78 bits per heavy atom. The molecular weight excluding hydrogens is 128 g/mol. The fourth-order valence-electron chi connectivity index (χ4n) is 0.939. The quantitative estimate of drug-likeness (QED) is 0.491. The summed E-state index contributed by atoms with van der Waals surface area (Å²) >= 11 is 4.34.